The van der Waals surface area contributed by atoms with Crippen molar-refractivity contribution in [3.63, 3.8) is 0 Å². The lowest BCUT2D eigenvalue weighted by molar-refractivity contribution is 0.387. The van der Waals surface area contributed by atoms with Gasteiger partial charge in [0, 0.05) is 43.8 Å². The third kappa shape index (κ3) is 2.93. The van der Waals surface area contributed by atoms with Gasteiger partial charge in [-0.25, -0.2) is 19.3 Å². The molecule has 1 fully saturated rings. The lowest BCUT2D eigenvalue weighted by atomic mass is 10.2. The zero-order valence-corrected chi connectivity index (χ0v) is 13.9. The Kier molecular flexibility index (Phi) is 4.05. The van der Waals surface area contributed by atoms with Gasteiger partial charge < -0.3 is 14.5 Å². The number of rotatable bonds is 3. The second kappa shape index (κ2) is 6.51. The van der Waals surface area contributed by atoms with Crippen LogP contribution in [0.5, 0.6) is 5.75 Å². The Morgan fingerprint density at radius 1 is 1.00 bits per heavy atom. The topological polar surface area (TPSA) is 54.4 Å². The molecule has 0 amide bonds. The highest BCUT2D eigenvalue weighted by molar-refractivity contribution is 5.90. The monoisotopic (exact) mass is 339 g/mol. The van der Waals surface area contributed by atoms with Crippen molar-refractivity contribution in [2.24, 2.45) is 0 Å². The van der Waals surface area contributed by atoms with E-state index in [9.17, 15) is 4.39 Å². The van der Waals surface area contributed by atoms with Crippen molar-refractivity contribution in [1.29, 1.82) is 0 Å². The summed E-state index contributed by atoms with van der Waals surface area (Å²) in [6.07, 6.45) is 3.29. The average molecular weight is 339 g/mol. The number of ether oxygens (including phenoxy) is 1. The molecule has 0 bridgehead atoms. The van der Waals surface area contributed by atoms with Gasteiger partial charge in [0.2, 0.25) is 0 Å². The SMILES string of the molecule is COc1cc2c(N3CCN(c4ccccn4)CC3)ncnc2cc1F. The molecule has 0 spiro atoms. The van der Waals surface area contributed by atoms with Crippen LogP contribution in [-0.2, 0) is 0 Å². The van der Waals surface area contributed by atoms with Crippen molar-refractivity contribution in [3.05, 3.63) is 48.7 Å². The number of methoxy groups -OCH3 is 1. The van der Waals surface area contributed by atoms with E-state index in [-0.39, 0.29) is 5.75 Å². The average Bonchev–Trinajstić information content (AvgIpc) is 2.68. The molecule has 0 saturated carbocycles. The Morgan fingerprint density at radius 2 is 1.80 bits per heavy atom. The van der Waals surface area contributed by atoms with Crippen LogP contribution in [0.4, 0.5) is 16.0 Å². The molecule has 3 heterocycles. The van der Waals surface area contributed by atoms with Crippen molar-refractivity contribution in [1.82, 2.24) is 15.0 Å². The molecule has 1 aliphatic heterocycles. The smallest absolute Gasteiger partial charge is 0.167 e. The minimum absolute atomic E-state index is 0.204. The highest BCUT2D eigenvalue weighted by Crippen LogP contribution is 2.30. The lowest BCUT2D eigenvalue weighted by Crippen LogP contribution is -2.47. The fourth-order valence-electron chi connectivity index (χ4n) is 3.14. The fourth-order valence-corrected chi connectivity index (χ4v) is 3.14. The molecule has 7 heteroatoms. The van der Waals surface area contributed by atoms with Gasteiger partial charge in [-0.2, -0.15) is 0 Å². The largest absolute Gasteiger partial charge is 0.494 e. The fraction of sp³-hybridized carbons (Fsp3) is 0.278. The number of pyridine rings is 1. The van der Waals surface area contributed by atoms with E-state index in [4.69, 9.17) is 4.74 Å². The van der Waals surface area contributed by atoms with E-state index in [1.54, 1.807) is 12.3 Å². The molecule has 1 aromatic carbocycles. The second-order valence-corrected chi connectivity index (χ2v) is 5.86. The molecule has 0 radical (unpaired) electrons. The van der Waals surface area contributed by atoms with Gasteiger partial charge in [0.25, 0.3) is 0 Å². The number of fused-ring (bicyclic) bond motifs is 1. The lowest BCUT2D eigenvalue weighted by Gasteiger charge is -2.36. The quantitative estimate of drug-likeness (QED) is 0.731. The highest BCUT2D eigenvalue weighted by atomic mass is 19.1. The second-order valence-electron chi connectivity index (χ2n) is 5.86. The zero-order valence-electron chi connectivity index (χ0n) is 13.9. The van der Waals surface area contributed by atoms with E-state index in [0.717, 1.165) is 43.2 Å². The van der Waals surface area contributed by atoms with Gasteiger partial charge in [-0.1, -0.05) is 6.07 Å². The first-order chi connectivity index (χ1) is 12.3. The number of hydrogen-bond acceptors (Lipinski definition) is 6. The van der Waals surface area contributed by atoms with Gasteiger partial charge in [-0.05, 0) is 18.2 Å². The van der Waals surface area contributed by atoms with Crippen molar-refractivity contribution in [2.45, 2.75) is 0 Å². The molecule has 3 aromatic rings. The van der Waals surface area contributed by atoms with E-state index in [2.05, 4.69) is 24.8 Å². The van der Waals surface area contributed by atoms with Gasteiger partial charge in [0.1, 0.15) is 18.0 Å². The maximum atomic E-state index is 13.9. The molecular formula is C18H18FN5O. The Bertz CT molecular complexity index is 881. The number of anilines is 2. The van der Waals surface area contributed by atoms with E-state index in [1.165, 1.54) is 19.5 Å². The standard InChI is InChI=1S/C18H18FN5O/c1-25-16-10-13-15(11-14(16)19)21-12-22-18(13)24-8-6-23(7-9-24)17-4-2-3-5-20-17/h2-5,10-12H,6-9H2,1H3. The van der Waals surface area contributed by atoms with Crippen LogP contribution in [0.1, 0.15) is 0 Å². The maximum Gasteiger partial charge on any atom is 0.167 e. The van der Waals surface area contributed by atoms with Crippen LogP contribution in [0, 0.1) is 5.82 Å². The van der Waals surface area contributed by atoms with Crippen LogP contribution in [-0.4, -0.2) is 48.2 Å². The third-order valence-corrected chi connectivity index (χ3v) is 4.44. The van der Waals surface area contributed by atoms with Gasteiger partial charge in [-0.15, -0.1) is 0 Å². The summed E-state index contributed by atoms with van der Waals surface area (Å²) in [5.41, 5.74) is 0.579. The van der Waals surface area contributed by atoms with Gasteiger partial charge in [0.05, 0.1) is 12.6 Å². The Balaban J connectivity index is 1.61. The van der Waals surface area contributed by atoms with Crippen LogP contribution in [0.15, 0.2) is 42.9 Å². The third-order valence-electron chi connectivity index (χ3n) is 4.44. The Morgan fingerprint density at radius 3 is 2.52 bits per heavy atom. The number of nitrogens with zero attached hydrogens (tertiary/aromatic N) is 5. The minimum atomic E-state index is -0.417. The van der Waals surface area contributed by atoms with Crippen LogP contribution < -0.4 is 14.5 Å². The van der Waals surface area contributed by atoms with Gasteiger partial charge in [0.15, 0.2) is 11.6 Å². The van der Waals surface area contributed by atoms with Crippen LogP contribution >= 0.6 is 0 Å². The number of hydrogen-bond donors (Lipinski definition) is 0. The normalized spacial score (nSPS) is 14.8. The van der Waals surface area contributed by atoms with Crippen LogP contribution in [0.2, 0.25) is 0 Å². The predicted octanol–water partition coefficient (Wildman–Crippen LogP) is 2.50. The van der Waals surface area contributed by atoms with Crippen molar-refractivity contribution < 1.29 is 9.13 Å². The van der Waals surface area contributed by atoms with Crippen LogP contribution in [0.25, 0.3) is 10.9 Å². The number of piperazine rings is 1. The highest BCUT2D eigenvalue weighted by Gasteiger charge is 2.21. The van der Waals surface area contributed by atoms with Gasteiger partial charge >= 0.3 is 0 Å². The molecule has 0 aliphatic carbocycles. The van der Waals surface area contributed by atoms with E-state index >= 15 is 0 Å². The number of benzene rings is 1. The molecule has 0 atom stereocenters. The summed E-state index contributed by atoms with van der Waals surface area (Å²) in [6, 6.07) is 8.99. The molecule has 25 heavy (non-hydrogen) atoms. The Hall–Kier alpha value is -2.96. The number of halogens is 1. The summed E-state index contributed by atoms with van der Waals surface area (Å²) in [5.74, 6) is 1.58. The summed E-state index contributed by atoms with van der Waals surface area (Å²) in [5, 5.41) is 0.798. The first-order valence-corrected chi connectivity index (χ1v) is 8.15. The minimum Gasteiger partial charge on any atom is -0.494 e. The molecule has 1 saturated heterocycles. The van der Waals surface area contributed by atoms with E-state index < -0.39 is 5.82 Å². The maximum absolute atomic E-state index is 13.9. The molecule has 6 nitrogen and oxygen atoms in total. The van der Waals surface area contributed by atoms with Crippen molar-refractivity contribution in [2.75, 3.05) is 43.1 Å². The first kappa shape index (κ1) is 15.6. The molecule has 0 N–H and O–H groups in total. The summed E-state index contributed by atoms with van der Waals surface area (Å²) in [6.45, 7) is 3.31. The molecule has 4 rings (SSSR count). The van der Waals surface area contributed by atoms with Gasteiger partial charge in [-0.3, -0.25) is 0 Å². The Labute approximate surface area is 144 Å². The number of aromatic nitrogens is 3. The van der Waals surface area contributed by atoms with Crippen LogP contribution in [0.3, 0.4) is 0 Å². The molecule has 0 unspecified atom stereocenters. The van der Waals surface area contributed by atoms with E-state index in [0.29, 0.717) is 5.52 Å². The summed E-state index contributed by atoms with van der Waals surface area (Å²) in [7, 11) is 1.46. The molecule has 1 aliphatic rings. The summed E-state index contributed by atoms with van der Waals surface area (Å²) in [4.78, 5) is 17.5. The molecule has 2 aromatic heterocycles. The van der Waals surface area contributed by atoms with Crippen molar-refractivity contribution in [3.8, 4) is 5.75 Å². The van der Waals surface area contributed by atoms with Crippen molar-refractivity contribution >= 4 is 22.5 Å². The summed E-state index contributed by atoms with van der Waals surface area (Å²) >= 11 is 0. The zero-order chi connectivity index (χ0) is 17.2. The summed E-state index contributed by atoms with van der Waals surface area (Å²) < 4.78 is 19.0. The molecular weight excluding hydrogens is 321 g/mol. The van der Waals surface area contributed by atoms with E-state index in [1.807, 2.05) is 18.2 Å². The molecule has 128 valence electrons. The first-order valence-electron chi connectivity index (χ1n) is 8.15. The predicted molar refractivity (Wildman–Crippen MR) is 94.7 cm³/mol.